The molecule has 1 N–H and O–H groups in total. The zero-order valence-electron chi connectivity index (χ0n) is 17.0. The quantitative estimate of drug-likeness (QED) is 0.735. The molecule has 3 aromatic rings. The summed E-state index contributed by atoms with van der Waals surface area (Å²) in [6.45, 7) is 9.73. The summed E-state index contributed by atoms with van der Waals surface area (Å²) in [5.41, 5.74) is 6.28. The largest absolute Gasteiger partial charge is 0.338 e. The number of benzene rings is 2. The Labute approximate surface area is 165 Å². The van der Waals surface area contributed by atoms with Gasteiger partial charge in [-0.05, 0) is 56.5 Å². The van der Waals surface area contributed by atoms with Crippen LogP contribution in [0.15, 0.2) is 30.3 Å². The highest BCUT2D eigenvalue weighted by Gasteiger charge is 2.24. The molecule has 4 nitrogen and oxygen atoms in total. The summed E-state index contributed by atoms with van der Waals surface area (Å²) in [7, 11) is 4.21. The Hall–Kier alpha value is -2.24. The maximum Gasteiger partial charge on any atom is 0.260 e. The third kappa shape index (κ3) is 4.04. The van der Waals surface area contributed by atoms with Crippen LogP contribution in [0.3, 0.4) is 0 Å². The van der Waals surface area contributed by atoms with Crippen molar-refractivity contribution >= 4 is 32.6 Å². The van der Waals surface area contributed by atoms with Crippen LogP contribution in [0.1, 0.15) is 32.6 Å². The maximum atomic E-state index is 13.4. The molecular formula is C22H28N3OS+. The molecule has 0 saturated heterocycles. The number of hydrogen-bond acceptors (Lipinski definition) is 3. The first-order valence-corrected chi connectivity index (χ1v) is 10.1. The van der Waals surface area contributed by atoms with E-state index in [2.05, 4.69) is 40.1 Å². The molecule has 1 amide bonds. The van der Waals surface area contributed by atoms with Crippen LogP contribution in [0.25, 0.3) is 10.2 Å². The highest BCUT2D eigenvalue weighted by atomic mass is 32.1. The Balaban J connectivity index is 2.07. The summed E-state index contributed by atoms with van der Waals surface area (Å²) >= 11 is 1.60. The molecule has 0 unspecified atom stereocenters. The number of aryl methyl sites for hydroxylation is 4. The van der Waals surface area contributed by atoms with Gasteiger partial charge in [0.05, 0.1) is 37.4 Å². The fourth-order valence-corrected chi connectivity index (χ4v) is 4.11. The molecule has 1 heterocycles. The zero-order valence-corrected chi connectivity index (χ0v) is 17.8. The SMILES string of the molecule is Cc1ccc(C)c(C(=O)N(CC[NH+](C)C)c2nc3c(C)c(C)ccc3s2)c1. The van der Waals surface area contributed by atoms with E-state index < -0.39 is 0 Å². The van der Waals surface area contributed by atoms with E-state index in [4.69, 9.17) is 4.98 Å². The third-order valence-corrected chi connectivity index (χ3v) is 6.05. The lowest BCUT2D eigenvalue weighted by Crippen LogP contribution is -3.06. The normalized spacial score (nSPS) is 11.4. The van der Waals surface area contributed by atoms with Gasteiger partial charge in [0.1, 0.15) is 0 Å². The van der Waals surface area contributed by atoms with Gasteiger partial charge in [-0.2, -0.15) is 0 Å². The first kappa shape index (κ1) is 19.5. The van der Waals surface area contributed by atoms with Gasteiger partial charge < -0.3 is 4.90 Å². The predicted octanol–water partition coefficient (Wildman–Crippen LogP) is 3.32. The molecule has 0 radical (unpaired) electrons. The molecule has 5 heteroatoms. The second-order valence-corrected chi connectivity index (χ2v) is 8.59. The number of carbonyl (C=O) groups excluding carboxylic acids is 1. The van der Waals surface area contributed by atoms with Crippen molar-refractivity contribution in [1.29, 1.82) is 0 Å². The van der Waals surface area contributed by atoms with Crippen molar-refractivity contribution in [2.45, 2.75) is 27.7 Å². The van der Waals surface area contributed by atoms with Crippen LogP contribution in [-0.2, 0) is 0 Å². The van der Waals surface area contributed by atoms with Gasteiger partial charge in [0.25, 0.3) is 5.91 Å². The molecule has 0 fully saturated rings. The fourth-order valence-electron chi connectivity index (χ4n) is 3.06. The van der Waals surface area contributed by atoms with Crippen molar-refractivity contribution in [3.63, 3.8) is 0 Å². The number of nitrogens with one attached hydrogen (secondary N) is 1. The molecule has 1 aromatic heterocycles. The average Bonchev–Trinajstić information content (AvgIpc) is 3.04. The van der Waals surface area contributed by atoms with Gasteiger partial charge in [-0.25, -0.2) is 4.98 Å². The molecule has 0 saturated carbocycles. The van der Waals surface area contributed by atoms with Crippen molar-refractivity contribution in [3.8, 4) is 0 Å². The Morgan fingerprint density at radius 1 is 1.07 bits per heavy atom. The van der Waals surface area contributed by atoms with E-state index in [0.717, 1.165) is 38.6 Å². The number of thiazole rings is 1. The van der Waals surface area contributed by atoms with Gasteiger partial charge in [-0.3, -0.25) is 9.69 Å². The van der Waals surface area contributed by atoms with Gasteiger partial charge >= 0.3 is 0 Å². The molecule has 3 rings (SSSR count). The molecule has 0 aliphatic rings. The van der Waals surface area contributed by atoms with Crippen LogP contribution >= 0.6 is 11.3 Å². The Bertz CT molecular complexity index is 991. The number of anilines is 1. The minimum absolute atomic E-state index is 0.0332. The van der Waals surface area contributed by atoms with E-state index in [1.165, 1.54) is 16.0 Å². The van der Waals surface area contributed by atoms with Crippen molar-refractivity contribution in [1.82, 2.24) is 4.98 Å². The monoisotopic (exact) mass is 382 g/mol. The number of likely N-dealkylation sites (N-methyl/N-ethyl adjacent to an activating group) is 1. The van der Waals surface area contributed by atoms with Crippen molar-refractivity contribution in [3.05, 3.63) is 58.1 Å². The first-order valence-electron chi connectivity index (χ1n) is 9.33. The highest BCUT2D eigenvalue weighted by Crippen LogP contribution is 2.32. The Morgan fingerprint density at radius 2 is 1.78 bits per heavy atom. The van der Waals surface area contributed by atoms with Gasteiger partial charge in [0.2, 0.25) is 0 Å². The van der Waals surface area contributed by atoms with Crippen LogP contribution in [0.4, 0.5) is 5.13 Å². The summed E-state index contributed by atoms with van der Waals surface area (Å²) in [4.78, 5) is 21.5. The number of rotatable bonds is 5. The Morgan fingerprint density at radius 3 is 2.48 bits per heavy atom. The number of aromatic nitrogens is 1. The van der Waals surface area contributed by atoms with E-state index >= 15 is 0 Å². The van der Waals surface area contributed by atoms with E-state index in [1.54, 1.807) is 11.3 Å². The molecule has 0 bridgehead atoms. The summed E-state index contributed by atoms with van der Waals surface area (Å²) < 4.78 is 1.13. The molecule has 2 aromatic carbocycles. The van der Waals surface area contributed by atoms with E-state index in [1.807, 2.05) is 36.9 Å². The average molecular weight is 383 g/mol. The third-order valence-electron chi connectivity index (χ3n) is 5.01. The van der Waals surface area contributed by atoms with Crippen LogP contribution in [-0.4, -0.2) is 38.1 Å². The number of amides is 1. The van der Waals surface area contributed by atoms with Crippen LogP contribution in [0, 0.1) is 27.7 Å². The zero-order chi connectivity index (χ0) is 19.7. The van der Waals surface area contributed by atoms with Gasteiger partial charge in [0.15, 0.2) is 5.13 Å². The summed E-state index contributed by atoms with van der Waals surface area (Å²) in [6.07, 6.45) is 0. The molecule has 0 aliphatic carbocycles. The lowest BCUT2D eigenvalue weighted by molar-refractivity contribution is -0.856. The van der Waals surface area contributed by atoms with Gasteiger partial charge in [-0.15, -0.1) is 0 Å². The van der Waals surface area contributed by atoms with Crippen molar-refractivity contribution in [2.75, 3.05) is 32.1 Å². The molecule has 0 atom stereocenters. The molecule has 0 spiro atoms. The number of quaternary nitrogens is 1. The maximum absolute atomic E-state index is 13.4. The van der Waals surface area contributed by atoms with Crippen molar-refractivity contribution in [2.24, 2.45) is 0 Å². The molecule has 27 heavy (non-hydrogen) atoms. The Kier molecular flexibility index (Phi) is 5.63. The lowest BCUT2D eigenvalue weighted by atomic mass is 10.0. The molecule has 142 valence electrons. The standard InChI is InChI=1S/C22H27N3OS/c1-14-7-8-16(3)18(13-14)21(26)25(12-11-24(5)6)22-23-20-17(4)15(2)9-10-19(20)27-22/h7-10,13H,11-12H2,1-6H3/p+1. The van der Waals surface area contributed by atoms with Gasteiger partial charge in [0, 0.05) is 5.56 Å². The second-order valence-electron chi connectivity index (χ2n) is 7.58. The van der Waals surface area contributed by atoms with Crippen molar-refractivity contribution < 1.29 is 9.69 Å². The summed E-state index contributed by atoms with van der Waals surface area (Å²) in [5.74, 6) is 0.0332. The number of fused-ring (bicyclic) bond motifs is 1. The smallest absolute Gasteiger partial charge is 0.260 e. The minimum Gasteiger partial charge on any atom is -0.338 e. The van der Waals surface area contributed by atoms with E-state index in [9.17, 15) is 4.79 Å². The lowest BCUT2D eigenvalue weighted by Gasteiger charge is -2.21. The summed E-state index contributed by atoms with van der Waals surface area (Å²) in [6, 6.07) is 10.3. The predicted molar refractivity (Wildman–Crippen MR) is 114 cm³/mol. The van der Waals surface area contributed by atoms with Crippen LogP contribution < -0.4 is 9.80 Å². The second kappa shape index (κ2) is 7.79. The first-order chi connectivity index (χ1) is 12.8. The van der Waals surface area contributed by atoms with Crippen LogP contribution in [0.2, 0.25) is 0 Å². The number of nitrogens with zero attached hydrogens (tertiary/aromatic N) is 2. The minimum atomic E-state index is 0.0332. The number of hydrogen-bond donors (Lipinski definition) is 1. The van der Waals surface area contributed by atoms with Gasteiger partial charge in [-0.1, -0.05) is 35.1 Å². The van der Waals surface area contributed by atoms with E-state index in [-0.39, 0.29) is 5.91 Å². The topological polar surface area (TPSA) is 37.6 Å². The molecule has 0 aliphatic heterocycles. The van der Waals surface area contributed by atoms with E-state index in [0.29, 0.717) is 6.54 Å². The summed E-state index contributed by atoms with van der Waals surface area (Å²) in [5, 5.41) is 0.783. The number of carbonyl (C=O) groups is 1. The fraction of sp³-hybridized carbons (Fsp3) is 0.364. The molecular weight excluding hydrogens is 354 g/mol. The van der Waals surface area contributed by atoms with Crippen LogP contribution in [0.5, 0.6) is 0 Å². The highest BCUT2D eigenvalue weighted by molar-refractivity contribution is 7.22.